The van der Waals surface area contributed by atoms with E-state index in [-0.39, 0.29) is 17.2 Å². The maximum atomic E-state index is 6.18. The van der Waals surface area contributed by atoms with Crippen LogP contribution in [0.5, 0.6) is 0 Å². The van der Waals surface area contributed by atoms with Gasteiger partial charge in [-0.25, -0.2) is 0 Å². The maximum absolute atomic E-state index is 6.18. The lowest BCUT2D eigenvalue weighted by molar-refractivity contribution is -0.0779. The third-order valence-electron chi connectivity index (χ3n) is 4.34. The van der Waals surface area contributed by atoms with Crippen molar-refractivity contribution in [3.8, 4) is 0 Å². The molecule has 112 valence electrons. The summed E-state index contributed by atoms with van der Waals surface area (Å²) in [5, 5.41) is 0. The normalized spacial score (nSPS) is 25.6. The lowest BCUT2D eigenvalue weighted by Gasteiger charge is -2.32. The van der Waals surface area contributed by atoms with Crippen molar-refractivity contribution in [2.75, 3.05) is 0 Å². The van der Waals surface area contributed by atoms with E-state index in [0.29, 0.717) is 5.92 Å². The molecule has 1 fully saturated rings. The van der Waals surface area contributed by atoms with Gasteiger partial charge >= 0.3 is 0 Å². The Kier molecular flexibility index (Phi) is 4.47. The third-order valence-corrected chi connectivity index (χ3v) is 4.34. The van der Waals surface area contributed by atoms with Crippen LogP contribution in [0.4, 0.5) is 0 Å². The van der Waals surface area contributed by atoms with E-state index in [4.69, 9.17) is 10.6 Å². The van der Waals surface area contributed by atoms with Crippen LogP contribution in [0.3, 0.4) is 0 Å². The Morgan fingerprint density at radius 3 is 2.50 bits per heavy atom. The molecular weight excluding hydrogens is 250 g/mol. The highest BCUT2D eigenvalue weighted by atomic mass is 16.5. The predicted octanol–water partition coefficient (Wildman–Crippen LogP) is 2.44. The van der Waals surface area contributed by atoms with Crippen molar-refractivity contribution in [1.29, 1.82) is 0 Å². The van der Waals surface area contributed by atoms with Crippen LogP contribution in [0.25, 0.3) is 0 Å². The Morgan fingerprint density at radius 1 is 1.35 bits per heavy atom. The minimum absolute atomic E-state index is 0.0695. The zero-order chi connectivity index (χ0) is 14.8. The van der Waals surface area contributed by atoms with Crippen molar-refractivity contribution >= 4 is 0 Å². The lowest BCUT2D eigenvalue weighted by Crippen LogP contribution is -2.47. The topological polar surface area (TPSA) is 60.2 Å². The van der Waals surface area contributed by atoms with Crippen molar-refractivity contribution in [2.45, 2.75) is 64.2 Å². The number of hydrogen-bond donors (Lipinski definition) is 2. The predicted molar refractivity (Wildman–Crippen MR) is 81.0 cm³/mol. The molecule has 2 heterocycles. The van der Waals surface area contributed by atoms with Gasteiger partial charge in [-0.05, 0) is 64.7 Å². The van der Waals surface area contributed by atoms with Crippen molar-refractivity contribution in [2.24, 2.45) is 11.8 Å². The summed E-state index contributed by atoms with van der Waals surface area (Å²) in [4.78, 5) is 4.05. The smallest absolute Gasteiger partial charge is 0.0678 e. The number of pyridine rings is 1. The van der Waals surface area contributed by atoms with Crippen molar-refractivity contribution in [3.63, 3.8) is 0 Å². The van der Waals surface area contributed by atoms with Gasteiger partial charge in [-0.2, -0.15) is 0 Å². The molecule has 2 unspecified atom stereocenters. The molecule has 0 aromatic carbocycles. The van der Waals surface area contributed by atoms with Crippen LogP contribution >= 0.6 is 0 Å². The monoisotopic (exact) mass is 277 g/mol. The second-order valence-corrected chi connectivity index (χ2v) is 6.94. The Balaban J connectivity index is 2.01. The highest BCUT2D eigenvalue weighted by molar-refractivity contribution is 5.10. The largest absolute Gasteiger partial charge is 0.369 e. The van der Waals surface area contributed by atoms with Gasteiger partial charge in [-0.3, -0.25) is 16.3 Å². The second kappa shape index (κ2) is 5.80. The number of aryl methyl sites for hydroxylation is 1. The standard InChI is InChI=1S/C16H27N3O/c1-15(2)11-13(16(3,4)20-15)14(19-17)6-5-12-7-9-18-10-8-12/h7-10,13-14,19H,5-6,11,17H2,1-4H3. The molecule has 0 bridgehead atoms. The molecule has 4 heteroatoms. The molecule has 2 rings (SSSR count). The second-order valence-electron chi connectivity index (χ2n) is 6.94. The van der Waals surface area contributed by atoms with Gasteiger partial charge in [0, 0.05) is 24.4 Å². The first kappa shape index (κ1) is 15.4. The number of aromatic nitrogens is 1. The number of ether oxygens (including phenoxy) is 1. The Morgan fingerprint density at radius 2 is 2.00 bits per heavy atom. The summed E-state index contributed by atoms with van der Waals surface area (Å²) in [5.41, 5.74) is 4.10. The fourth-order valence-corrected chi connectivity index (χ4v) is 3.50. The molecule has 0 saturated carbocycles. The minimum atomic E-state index is -0.140. The molecule has 1 aliphatic rings. The van der Waals surface area contributed by atoms with E-state index < -0.39 is 0 Å². The van der Waals surface area contributed by atoms with E-state index >= 15 is 0 Å². The molecule has 1 aliphatic heterocycles. The number of hydrogen-bond acceptors (Lipinski definition) is 4. The van der Waals surface area contributed by atoms with Gasteiger partial charge in [0.15, 0.2) is 0 Å². The number of nitrogens with two attached hydrogens (primary N) is 1. The van der Waals surface area contributed by atoms with Crippen LogP contribution in [-0.2, 0) is 11.2 Å². The lowest BCUT2D eigenvalue weighted by atomic mass is 9.80. The summed E-state index contributed by atoms with van der Waals surface area (Å²) in [6, 6.07) is 4.39. The van der Waals surface area contributed by atoms with E-state index in [9.17, 15) is 0 Å². The van der Waals surface area contributed by atoms with Gasteiger partial charge in [0.2, 0.25) is 0 Å². The summed E-state index contributed by atoms with van der Waals surface area (Å²) in [6.45, 7) is 8.66. The zero-order valence-electron chi connectivity index (χ0n) is 13.0. The van der Waals surface area contributed by atoms with Crippen LogP contribution in [0, 0.1) is 5.92 Å². The van der Waals surface area contributed by atoms with Crippen molar-refractivity contribution < 1.29 is 4.74 Å². The van der Waals surface area contributed by atoms with Gasteiger partial charge in [0.05, 0.1) is 11.2 Å². The van der Waals surface area contributed by atoms with E-state index in [0.717, 1.165) is 19.3 Å². The summed E-state index contributed by atoms with van der Waals surface area (Å²) < 4.78 is 6.18. The van der Waals surface area contributed by atoms with Gasteiger partial charge < -0.3 is 4.74 Å². The summed E-state index contributed by atoms with van der Waals surface area (Å²) >= 11 is 0. The van der Waals surface area contributed by atoms with Crippen LogP contribution in [0.15, 0.2) is 24.5 Å². The minimum Gasteiger partial charge on any atom is -0.369 e. The molecule has 20 heavy (non-hydrogen) atoms. The van der Waals surface area contributed by atoms with Gasteiger partial charge in [0.25, 0.3) is 0 Å². The van der Waals surface area contributed by atoms with Gasteiger partial charge in [0.1, 0.15) is 0 Å². The molecule has 3 N–H and O–H groups in total. The third kappa shape index (κ3) is 3.57. The highest BCUT2D eigenvalue weighted by Gasteiger charge is 2.48. The molecule has 0 radical (unpaired) electrons. The Bertz CT molecular complexity index is 431. The van der Waals surface area contributed by atoms with E-state index in [1.54, 1.807) is 0 Å². The number of nitrogens with zero attached hydrogens (tertiary/aromatic N) is 1. The first-order valence-corrected chi connectivity index (χ1v) is 7.39. The molecule has 1 aromatic rings. The summed E-state index contributed by atoms with van der Waals surface area (Å²) in [5.74, 6) is 6.23. The molecule has 0 spiro atoms. The maximum Gasteiger partial charge on any atom is 0.0678 e. The van der Waals surface area contributed by atoms with Crippen molar-refractivity contribution in [3.05, 3.63) is 30.1 Å². The average molecular weight is 277 g/mol. The average Bonchev–Trinajstić information content (AvgIpc) is 2.60. The molecule has 1 aromatic heterocycles. The molecular formula is C16H27N3O. The van der Waals surface area contributed by atoms with Gasteiger partial charge in [-0.15, -0.1) is 0 Å². The van der Waals surface area contributed by atoms with Crippen molar-refractivity contribution in [1.82, 2.24) is 10.4 Å². The fraction of sp³-hybridized carbons (Fsp3) is 0.688. The fourth-order valence-electron chi connectivity index (χ4n) is 3.50. The zero-order valence-corrected chi connectivity index (χ0v) is 13.0. The van der Waals surface area contributed by atoms with Crippen LogP contribution in [-0.4, -0.2) is 22.2 Å². The highest BCUT2D eigenvalue weighted by Crippen LogP contribution is 2.44. The number of hydrazine groups is 1. The molecule has 2 atom stereocenters. The van der Waals surface area contributed by atoms with E-state index in [1.165, 1.54) is 5.56 Å². The van der Waals surface area contributed by atoms with Crippen LogP contribution < -0.4 is 11.3 Å². The Labute approximate surface area is 122 Å². The molecule has 0 aliphatic carbocycles. The SMILES string of the molecule is CC1(C)CC(C(CCc2ccncc2)NN)C(C)(C)O1. The van der Waals surface area contributed by atoms with E-state index in [2.05, 4.69) is 50.2 Å². The van der Waals surface area contributed by atoms with Crippen LogP contribution in [0.2, 0.25) is 0 Å². The first-order chi connectivity index (χ1) is 9.34. The summed E-state index contributed by atoms with van der Waals surface area (Å²) in [7, 11) is 0. The Hall–Kier alpha value is -0.970. The summed E-state index contributed by atoms with van der Waals surface area (Å²) in [6.07, 6.45) is 6.72. The molecule has 4 nitrogen and oxygen atoms in total. The molecule has 0 amide bonds. The van der Waals surface area contributed by atoms with Crippen LogP contribution in [0.1, 0.15) is 46.1 Å². The quantitative estimate of drug-likeness (QED) is 0.641. The first-order valence-electron chi connectivity index (χ1n) is 7.39. The van der Waals surface area contributed by atoms with E-state index in [1.807, 2.05) is 12.4 Å². The molecule has 1 saturated heterocycles. The number of nitrogens with one attached hydrogen (secondary N) is 1. The van der Waals surface area contributed by atoms with Gasteiger partial charge in [-0.1, -0.05) is 0 Å². The number of rotatable bonds is 5.